The number of nitrogens with two attached hydrogens (primary N) is 1. The van der Waals surface area contributed by atoms with Gasteiger partial charge in [-0.3, -0.25) is 0 Å². The molecule has 0 saturated carbocycles. The van der Waals surface area contributed by atoms with Crippen LogP contribution < -0.4 is 5.90 Å². The van der Waals surface area contributed by atoms with Crippen molar-refractivity contribution < 1.29 is 19.5 Å². The Balaban J connectivity index is 3.19. The van der Waals surface area contributed by atoms with Gasteiger partial charge in [0.25, 0.3) is 0 Å². The Morgan fingerprint density at radius 1 is 1.31 bits per heavy atom. The van der Waals surface area contributed by atoms with Crippen molar-refractivity contribution in [1.29, 1.82) is 0 Å². The van der Waals surface area contributed by atoms with Crippen molar-refractivity contribution >= 4 is 11.9 Å². The first kappa shape index (κ1) is 9.07. The Hall–Kier alpha value is -2.02. The molecule has 0 radical (unpaired) electrons. The van der Waals surface area contributed by atoms with E-state index in [2.05, 4.69) is 20.9 Å². The van der Waals surface area contributed by atoms with Gasteiger partial charge in [0.05, 0.1) is 23.5 Å². The van der Waals surface area contributed by atoms with E-state index in [0.29, 0.717) is 0 Å². The van der Waals surface area contributed by atoms with E-state index in [1.807, 2.05) is 0 Å². The molecule has 0 aliphatic rings. The molecule has 0 spiro atoms. The lowest BCUT2D eigenvalue weighted by Crippen LogP contribution is -2.15. The Kier molecular flexibility index (Phi) is 2.50. The Morgan fingerprint density at radius 2 is 1.85 bits per heavy atom. The van der Waals surface area contributed by atoms with Crippen LogP contribution >= 0.6 is 0 Å². The molecule has 0 unspecified atom stereocenters. The fraction of sp³-hybridized carbons (Fsp3) is 0. The molecular formula is C6H5N3O4. The average molecular weight is 183 g/mol. The highest BCUT2D eigenvalue weighted by Gasteiger charge is 2.17. The summed E-state index contributed by atoms with van der Waals surface area (Å²) in [5.74, 6) is 2.32. The molecule has 1 aromatic rings. The van der Waals surface area contributed by atoms with E-state index in [1.165, 1.54) is 0 Å². The number of carbonyl (C=O) groups is 2. The lowest BCUT2D eigenvalue weighted by molar-refractivity contribution is 0.0492. The number of rotatable bonds is 2. The quantitative estimate of drug-likeness (QED) is 0.577. The Morgan fingerprint density at radius 3 is 2.31 bits per heavy atom. The molecule has 7 heteroatoms. The van der Waals surface area contributed by atoms with Crippen molar-refractivity contribution in [2.24, 2.45) is 5.90 Å². The van der Waals surface area contributed by atoms with Crippen LogP contribution in [0.3, 0.4) is 0 Å². The molecule has 0 aliphatic carbocycles. The van der Waals surface area contributed by atoms with Crippen LogP contribution in [0.25, 0.3) is 0 Å². The first-order valence-corrected chi connectivity index (χ1v) is 3.12. The number of carboxylic acids is 1. The molecule has 0 amide bonds. The van der Waals surface area contributed by atoms with Crippen molar-refractivity contribution in [3.63, 3.8) is 0 Å². The van der Waals surface area contributed by atoms with Gasteiger partial charge in [-0.1, -0.05) is 0 Å². The maximum Gasteiger partial charge on any atom is 0.359 e. The van der Waals surface area contributed by atoms with Gasteiger partial charge in [-0.05, 0) is 0 Å². The maximum absolute atomic E-state index is 10.9. The molecule has 7 nitrogen and oxygen atoms in total. The van der Waals surface area contributed by atoms with Crippen LogP contribution in [0.5, 0.6) is 0 Å². The van der Waals surface area contributed by atoms with E-state index in [-0.39, 0.29) is 11.1 Å². The summed E-state index contributed by atoms with van der Waals surface area (Å²) < 4.78 is 0. The summed E-state index contributed by atoms with van der Waals surface area (Å²) >= 11 is 0. The van der Waals surface area contributed by atoms with Crippen LogP contribution in [0.2, 0.25) is 0 Å². The zero-order valence-electron chi connectivity index (χ0n) is 6.30. The smallest absolute Gasteiger partial charge is 0.359 e. The highest BCUT2D eigenvalue weighted by Crippen LogP contribution is 2.05. The third-order valence-corrected chi connectivity index (χ3v) is 1.29. The zero-order chi connectivity index (χ0) is 9.84. The van der Waals surface area contributed by atoms with E-state index in [1.54, 1.807) is 0 Å². The van der Waals surface area contributed by atoms with Gasteiger partial charge in [0.2, 0.25) is 0 Å². The Bertz CT molecular complexity index is 351. The van der Waals surface area contributed by atoms with Crippen molar-refractivity contribution in [1.82, 2.24) is 10.2 Å². The van der Waals surface area contributed by atoms with Crippen LogP contribution in [-0.4, -0.2) is 27.2 Å². The van der Waals surface area contributed by atoms with Gasteiger partial charge in [-0.2, -0.15) is 16.1 Å². The first-order chi connectivity index (χ1) is 6.16. The summed E-state index contributed by atoms with van der Waals surface area (Å²) in [6.45, 7) is 0. The number of aromatic nitrogens is 2. The van der Waals surface area contributed by atoms with Gasteiger partial charge < -0.3 is 9.94 Å². The van der Waals surface area contributed by atoms with Crippen molar-refractivity contribution in [3.05, 3.63) is 23.5 Å². The number of aromatic carboxylic acids is 1. The van der Waals surface area contributed by atoms with Gasteiger partial charge in [0, 0.05) is 0 Å². The number of nitrogens with zero attached hydrogens (tertiary/aromatic N) is 2. The number of carbonyl (C=O) groups excluding carboxylic acids is 1. The largest absolute Gasteiger partial charge is 0.478 e. The van der Waals surface area contributed by atoms with E-state index in [9.17, 15) is 9.59 Å². The molecule has 0 aromatic carbocycles. The monoisotopic (exact) mass is 183 g/mol. The molecule has 0 bridgehead atoms. The van der Waals surface area contributed by atoms with E-state index < -0.39 is 11.9 Å². The third kappa shape index (κ3) is 1.76. The minimum atomic E-state index is -1.30. The summed E-state index contributed by atoms with van der Waals surface area (Å²) in [6, 6.07) is 0. The van der Waals surface area contributed by atoms with Gasteiger partial charge in [0.1, 0.15) is 0 Å². The van der Waals surface area contributed by atoms with Crippen LogP contribution in [0.4, 0.5) is 0 Å². The highest BCUT2D eigenvalue weighted by molar-refractivity contribution is 6.01. The molecule has 1 heterocycles. The minimum Gasteiger partial charge on any atom is -0.478 e. The molecule has 13 heavy (non-hydrogen) atoms. The zero-order valence-corrected chi connectivity index (χ0v) is 6.30. The predicted octanol–water partition coefficient (Wildman–Crippen LogP) is -0.795. The van der Waals surface area contributed by atoms with E-state index in [0.717, 1.165) is 12.4 Å². The fourth-order valence-electron chi connectivity index (χ4n) is 0.718. The molecule has 0 aliphatic heterocycles. The second kappa shape index (κ2) is 3.59. The fourth-order valence-corrected chi connectivity index (χ4v) is 0.718. The molecule has 1 rings (SSSR count). The molecular weight excluding hydrogens is 178 g/mol. The molecule has 0 saturated heterocycles. The third-order valence-electron chi connectivity index (χ3n) is 1.29. The normalized spacial score (nSPS) is 9.31. The molecule has 3 N–H and O–H groups in total. The molecule has 68 valence electrons. The molecule has 0 atom stereocenters. The topological polar surface area (TPSA) is 115 Å². The van der Waals surface area contributed by atoms with Gasteiger partial charge in [-0.15, -0.1) is 0 Å². The van der Waals surface area contributed by atoms with Crippen molar-refractivity contribution in [2.45, 2.75) is 0 Å². The minimum absolute atomic E-state index is 0.231. The van der Waals surface area contributed by atoms with Crippen molar-refractivity contribution in [2.75, 3.05) is 0 Å². The van der Waals surface area contributed by atoms with Crippen LogP contribution in [0.15, 0.2) is 12.4 Å². The SMILES string of the molecule is NOC(=O)c1cnncc1C(=O)O. The summed E-state index contributed by atoms with van der Waals surface area (Å²) in [7, 11) is 0. The second-order valence-electron chi connectivity index (χ2n) is 2.03. The summed E-state index contributed by atoms with van der Waals surface area (Å²) in [5.41, 5.74) is -0.532. The number of hydrogen-bond acceptors (Lipinski definition) is 6. The number of hydrogen-bond donors (Lipinski definition) is 2. The van der Waals surface area contributed by atoms with E-state index in [4.69, 9.17) is 5.11 Å². The molecule has 1 aromatic heterocycles. The highest BCUT2D eigenvalue weighted by atomic mass is 16.7. The summed E-state index contributed by atoms with van der Waals surface area (Å²) in [5, 5.41) is 15.2. The van der Waals surface area contributed by atoms with E-state index >= 15 is 0 Å². The lowest BCUT2D eigenvalue weighted by atomic mass is 10.2. The first-order valence-electron chi connectivity index (χ1n) is 3.12. The van der Waals surface area contributed by atoms with Gasteiger partial charge >= 0.3 is 11.9 Å². The maximum atomic E-state index is 10.9. The standard InChI is InChI=1S/C6H5N3O4/c7-13-6(12)4-2-9-8-1-3(4)5(10)11/h1-2H,7H2,(H,10,11). The van der Waals surface area contributed by atoms with Gasteiger partial charge in [0.15, 0.2) is 0 Å². The average Bonchev–Trinajstić information content (AvgIpc) is 2.16. The summed E-state index contributed by atoms with van der Waals surface area (Å²) in [4.78, 5) is 25.2. The predicted molar refractivity (Wildman–Crippen MR) is 38.6 cm³/mol. The molecule has 0 fully saturated rings. The second-order valence-corrected chi connectivity index (χ2v) is 2.03. The summed E-state index contributed by atoms with van der Waals surface area (Å²) in [6.07, 6.45) is 1.91. The Labute approximate surface area is 72.1 Å². The van der Waals surface area contributed by atoms with Crippen LogP contribution in [0.1, 0.15) is 20.7 Å². The van der Waals surface area contributed by atoms with Crippen LogP contribution in [-0.2, 0) is 4.84 Å². The van der Waals surface area contributed by atoms with Gasteiger partial charge in [-0.25, -0.2) is 9.59 Å². The number of carboxylic acid groups (broad SMARTS) is 1. The lowest BCUT2D eigenvalue weighted by Gasteiger charge is -1.99. The van der Waals surface area contributed by atoms with Crippen LogP contribution in [0, 0.1) is 0 Å². The van der Waals surface area contributed by atoms with Crippen molar-refractivity contribution in [3.8, 4) is 0 Å².